The summed E-state index contributed by atoms with van der Waals surface area (Å²) in [5, 5.41) is 3.06. The summed E-state index contributed by atoms with van der Waals surface area (Å²) in [4.78, 5) is 7.85. The number of halogens is 1. The number of aromatic nitrogens is 2. The minimum atomic E-state index is -0.363. The molecule has 3 N–H and O–H groups in total. The number of hydrogen-bond donors (Lipinski definition) is 2. The lowest BCUT2D eigenvalue weighted by atomic mass is 9.99. The Labute approximate surface area is 105 Å². The Morgan fingerprint density at radius 3 is 2.78 bits per heavy atom. The smallest absolute Gasteiger partial charge is 0.146 e. The summed E-state index contributed by atoms with van der Waals surface area (Å²) in [5.41, 5.74) is 8.12. The van der Waals surface area contributed by atoms with Gasteiger partial charge in [-0.2, -0.15) is 0 Å². The van der Waals surface area contributed by atoms with E-state index in [-0.39, 0.29) is 11.9 Å². The summed E-state index contributed by atoms with van der Waals surface area (Å²) in [6, 6.07) is 3.21. The first-order valence-corrected chi connectivity index (χ1v) is 5.62. The lowest BCUT2D eigenvalue weighted by molar-refractivity contribution is 0.570. The molecule has 2 heterocycles. The van der Waals surface area contributed by atoms with Gasteiger partial charge in [-0.15, -0.1) is 0 Å². The van der Waals surface area contributed by atoms with Crippen molar-refractivity contribution in [3.8, 4) is 0 Å². The van der Waals surface area contributed by atoms with Crippen LogP contribution in [0, 0.1) is 12.7 Å². The van der Waals surface area contributed by atoms with Gasteiger partial charge in [-0.1, -0.05) is 0 Å². The molecule has 4 nitrogen and oxygen atoms in total. The second-order valence-electron chi connectivity index (χ2n) is 4.11. The third-order valence-electron chi connectivity index (χ3n) is 2.80. The van der Waals surface area contributed by atoms with Crippen LogP contribution in [0.2, 0.25) is 0 Å². The quantitative estimate of drug-likeness (QED) is 0.867. The van der Waals surface area contributed by atoms with Crippen LogP contribution in [0.3, 0.4) is 0 Å². The maximum Gasteiger partial charge on any atom is 0.146 e. The lowest BCUT2D eigenvalue weighted by Crippen LogP contribution is -2.21. The molecule has 2 aromatic heterocycles. The van der Waals surface area contributed by atoms with E-state index in [4.69, 9.17) is 5.73 Å². The highest BCUT2D eigenvalue weighted by atomic mass is 19.1. The number of hydrogen-bond acceptors (Lipinski definition) is 4. The monoisotopic (exact) mass is 246 g/mol. The molecular formula is C13H15FN4. The van der Waals surface area contributed by atoms with E-state index < -0.39 is 0 Å². The molecule has 0 radical (unpaired) electrons. The zero-order valence-corrected chi connectivity index (χ0v) is 10.3. The van der Waals surface area contributed by atoms with Crippen LogP contribution in [0.4, 0.5) is 10.2 Å². The highest BCUT2D eigenvalue weighted by Gasteiger charge is 2.19. The minimum Gasteiger partial charge on any atom is -0.383 e. The molecule has 18 heavy (non-hydrogen) atoms. The predicted octanol–water partition coefficient (Wildman–Crippen LogP) is 1.82. The van der Waals surface area contributed by atoms with Crippen LogP contribution in [0.25, 0.3) is 0 Å². The van der Waals surface area contributed by atoms with Gasteiger partial charge < -0.3 is 11.1 Å². The third-order valence-corrected chi connectivity index (χ3v) is 2.80. The van der Waals surface area contributed by atoms with Gasteiger partial charge in [0.05, 0.1) is 12.2 Å². The highest BCUT2D eigenvalue weighted by molar-refractivity contribution is 5.47. The van der Waals surface area contributed by atoms with Crippen LogP contribution >= 0.6 is 0 Å². The largest absolute Gasteiger partial charge is 0.383 e. The van der Waals surface area contributed by atoms with E-state index in [1.54, 1.807) is 25.5 Å². The van der Waals surface area contributed by atoms with Gasteiger partial charge in [-0.3, -0.25) is 4.98 Å². The molecule has 0 aliphatic rings. The Kier molecular flexibility index (Phi) is 3.53. The average molecular weight is 246 g/mol. The molecule has 0 spiro atoms. The fraction of sp³-hybridized carbons (Fsp3) is 0.231. The zero-order valence-electron chi connectivity index (χ0n) is 10.3. The highest BCUT2D eigenvalue weighted by Crippen LogP contribution is 2.27. The van der Waals surface area contributed by atoms with Crippen LogP contribution in [0.5, 0.6) is 0 Å². The number of pyridine rings is 2. The van der Waals surface area contributed by atoms with Gasteiger partial charge >= 0.3 is 0 Å². The van der Waals surface area contributed by atoms with Crippen molar-refractivity contribution in [2.75, 3.05) is 12.8 Å². The lowest BCUT2D eigenvalue weighted by Gasteiger charge is -2.19. The summed E-state index contributed by atoms with van der Waals surface area (Å²) < 4.78 is 13.8. The van der Waals surface area contributed by atoms with Crippen molar-refractivity contribution in [3.05, 3.63) is 53.2 Å². The van der Waals surface area contributed by atoms with Crippen molar-refractivity contribution in [2.45, 2.75) is 13.0 Å². The first-order valence-electron chi connectivity index (χ1n) is 5.62. The molecule has 0 aliphatic carbocycles. The maximum atomic E-state index is 13.8. The summed E-state index contributed by atoms with van der Waals surface area (Å²) in [6.45, 7) is 1.92. The van der Waals surface area contributed by atoms with Crippen LogP contribution in [0.1, 0.15) is 22.7 Å². The van der Waals surface area contributed by atoms with Crippen LogP contribution in [-0.4, -0.2) is 17.0 Å². The van der Waals surface area contributed by atoms with Crippen molar-refractivity contribution < 1.29 is 4.39 Å². The molecule has 0 aromatic carbocycles. The molecule has 0 amide bonds. The number of aryl methyl sites for hydroxylation is 1. The minimum absolute atomic E-state index is 0.333. The van der Waals surface area contributed by atoms with Crippen molar-refractivity contribution in [2.24, 2.45) is 0 Å². The number of nitrogens with one attached hydrogen (secondary N) is 1. The molecule has 2 aromatic rings. The summed E-state index contributed by atoms with van der Waals surface area (Å²) >= 11 is 0. The van der Waals surface area contributed by atoms with Crippen LogP contribution in [-0.2, 0) is 0 Å². The van der Waals surface area contributed by atoms with Crippen molar-refractivity contribution >= 4 is 5.82 Å². The van der Waals surface area contributed by atoms with E-state index in [1.165, 1.54) is 6.20 Å². The molecule has 94 valence electrons. The number of nitrogens with two attached hydrogens (primary N) is 1. The summed E-state index contributed by atoms with van der Waals surface area (Å²) in [6.07, 6.45) is 4.44. The predicted molar refractivity (Wildman–Crippen MR) is 68.5 cm³/mol. The Morgan fingerprint density at radius 2 is 2.11 bits per heavy atom. The van der Waals surface area contributed by atoms with Crippen LogP contribution in [0.15, 0.2) is 30.7 Å². The number of rotatable bonds is 3. The molecule has 5 heteroatoms. The fourth-order valence-corrected chi connectivity index (χ4v) is 1.93. The SMILES string of the molecule is CNC(c1ccncc1F)c1cc(C)cnc1N. The van der Waals surface area contributed by atoms with E-state index in [1.807, 2.05) is 13.0 Å². The Balaban J connectivity index is 2.52. The molecular weight excluding hydrogens is 231 g/mol. The standard InChI is InChI=1S/C13H15FN4/c1-8-5-10(13(15)18-6-8)12(16-2)9-3-4-17-7-11(9)14/h3-7,12,16H,1-2H3,(H2,15,18). The van der Waals surface area contributed by atoms with Gasteiger partial charge in [-0.25, -0.2) is 9.37 Å². The Morgan fingerprint density at radius 1 is 1.33 bits per heavy atom. The molecule has 0 fully saturated rings. The number of nitrogen functional groups attached to an aromatic ring is 1. The Bertz CT molecular complexity index is 556. The van der Waals surface area contributed by atoms with Crippen molar-refractivity contribution in [1.29, 1.82) is 0 Å². The Hall–Kier alpha value is -2.01. The molecule has 0 aliphatic heterocycles. The summed E-state index contributed by atoms with van der Waals surface area (Å²) in [5.74, 6) is 0.0360. The fourth-order valence-electron chi connectivity index (χ4n) is 1.93. The molecule has 1 atom stereocenters. The van der Waals surface area contributed by atoms with Crippen LogP contribution < -0.4 is 11.1 Å². The van der Waals surface area contributed by atoms with Crippen molar-refractivity contribution in [1.82, 2.24) is 15.3 Å². The maximum absolute atomic E-state index is 13.8. The van der Waals surface area contributed by atoms with Gasteiger partial charge in [0.15, 0.2) is 0 Å². The molecule has 0 saturated carbocycles. The van der Waals surface area contributed by atoms with Gasteiger partial charge in [0, 0.05) is 23.5 Å². The van der Waals surface area contributed by atoms with Gasteiger partial charge in [0.25, 0.3) is 0 Å². The van der Waals surface area contributed by atoms with Gasteiger partial charge in [0.2, 0.25) is 0 Å². The van der Waals surface area contributed by atoms with E-state index >= 15 is 0 Å². The molecule has 2 rings (SSSR count). The van der Waals surface area contributed by atoms with Gasteiger partial charge in [-0.05, 0) is 31.7 Å². The van der Waals surface area contributed by atoms with Gasteiger partial charge in [0.1, 0.15) is 11.6 Å². The first kappa shape index (κ1) is 12.4. The van der Waals surface area contributed by atoms with E-state index in [0.29, 0.717) is 11.4 Å². The first-order chi connectivity index (χ1) is 8.63. The second-order valence-corrected chi connectivity index (χ2v) is 4.11. The topological polar surface area (TPSA) is 63.8 Å². The second kappa shape index (κ2) is 5.10. The zero-order chi connectivity index (χ0) is 13.1. The molecule has 0 bridgehead atoms. The number of anilines is 1. The molecule has 1 unspecified atom stereocenters. The normalized spacial score (nSPS) is 12.4. The average Bonchev–Trinajstić information content (AvgIpc) is 2.36. The number of nitrogens with zero attached hydrogens (tertiary/aromatic N) is 2. The third kappa shape index (κ3) is 2.31. The van der Waals surface area contributed by atoms with Crippen molar-refractivity contribution in [3.63, 3.8) is 0 Å². The van der Waals surface area contributed by atoms with E-state index in [0.717, 1.165) is 11.1 Å². The van der Waals surface area contributed by atoms with E-state index in [9.17, 15) is 4.39 Å². The molecule has 0 saturated heterocycles. The van der Waals surface area contributed by atoms with E-state index in [2.05, 4.69) is 15.3 Å². The summed E-state index contributed by atoms with van der Waals surface area (Å²) in [7, 11) is 1.76.